The highest BCUT2D eigenvalue weighted by Crippen LogP contribution is 2.04. The van der Waals surface area contributed by atoms with Crippen LogP contribution >= 0.6 is 0 Å². The lowest BCUT2D eigenvalue weighted by atomic mass is 10.3. The Labute approximate surface area is 82.6 Å². The quantitative estimate of drug-likeness (QED) is 0.391. The minimum atomic E-state index is -1.08. The summed E-state index contributed by atoms with van der Waals surface area (Å²) < 4.78 is 0. The summed E-state index contributed by atoms with van der Waals surface area (Å²) in [5.74, 6) is -0.998. The second-order valence-electron chi connectivity index (χ2n) is 2.68. The molecule has 0 bridgehead atoms. The van der Waals surface area contributed by atoms with Crippen LogP contribution in [0.5, 0.6) is 0 Å². The summed E-state index contributed by atoms with van der Waals surface area (Å²) >= 11 is 0. The SMILES string of the molecule is C=CC(O)N(CCC(=O)O)C(O)C=C. The van der Waals surface area contributed by atoms with Crippen LogP contribution in [0.15, 0.2) is 25.3 Å². The Morgan fingerprint density at radius 1 is 1.29 bits per heavy atom. The Balaban J connectivity index is 4.30. The Hall–Kier alpha value is -1.17. The van der Waals surface area contributed by atoms with Crippen LogP contribution in [0.4, 0.5) is 0 Å². The van der Waals surface area contributed by atoms with Gasteiger partial charge in [-0.2, -0.15) is 0 Å². The molecule has 5 heteroatoms. The molecular formula is C9H15NO4. The molecule has 80 valence electrons. The number of aliphatic hydroxyl groups is 2. The number of nitrogens with zero attached hydrogens (tertiary/aromatic N) is 1. The van der Waals surface area contributed by atoms with Crippen molar-refractivity contribution in [3.63, 3.8) is 0 Å². The fraction of sp³-hybridized carbons (Fsp3) is 0.444. The maximum absolute atomic E-state index is 10.3. The van der Waals surface area contributed by atoms with Gasteiger partial charge in [-0.05, 0) is 12.2 Å². The van der Waals surface area contributed by atoms with Crippen molar-refractivity contribution in [1.29, 1.82) is 0 Å². The molecule has 5 nitrogen and oxygen atoms in total. The number of carbonyl (C=O) groups is 1. The van der Waals surface area contributed by atoms with E-state index in [1.54, 1.807) is 0 Å². The number of aliphatic hydroxyl groups excluding tert-OH is 2. The second-order valence-corrected chi connectivity index (χ2v) is 2.68. The van der Waals surface area contributed by atoms with E-state index in [4.69, 9.17) is 5.11 Å². The van der Waals surface area contributed by atoms with Crippen molar-refractivity contribution in [1.82, 2.24) is 4.90 Å². The monoisotopic (exact) mass is 201 g/mol. The standard InChI is InChI=1S/C9H15NO4/c1-3-7(11)10(8(12)4-2)6-5-9(13)14/h3-4,7-8,11-12H,1-2,5-6H2,(H,13,14). The summed E-state index contributed by atoms with van der Waals surface area (Å²) in [5, 5.41) is 27.1. The van der Waals surface area contributed by atoms with E-state index >= 15 is 0 Å². The van der Waals surface area contributed by atoms with E-state index in [0.29, 0.717) is 0 Å². The maximum Gasteiger partial charge on any atom is 0.304 e. The molecule has 0 fully saturated rings. The molecule has 0 saturated heterocycles. The van der Waals surface area contributed by atoms with Crippen molar-refractivity contribution in [3.8, 4) is 0 Å². The number of carboxylic acid groups (broad SMARTS) is 1. The third-order valence-electron chi connectivity index (χ3n) is 1.69. The van der Waals surface area contributed by atoms with Gasteiger partial charge in [0.1, 0.15) is 12.5 Å². The fourth-order valence-electron chi connectivity index (χ4n) is 0.917. The van der Waals surface area contributed by atoms with Crippen molar-refractivity contribution in [3.05, 3.63) is 25.3 Å². The normalized spacial score (nSPS) is 14.8. The summed E-state index contributed by atoms with van der Waals surface area (Å²) in [6, 6.07) is 0. The van der Waals surface area contributed by atoms with Gasteiger partial charge in [0.15, 0.2) is 0 Å². The summed E-state index contributed by atoms with van der Waals surface area (Å²) in [5.41, 5.74) is 0. The third-order valence-corrected chi connectivity index (χ3v) is 1.69. The first-order valence-corrected chi connectivity index (χ1v) is 4.11. The van der Waals surface area contributed by atoms with Gasteiger partial charge in [-0.1, -0.05) is 13.2 Å². The number of carboxylic acids is 1. The average molecular weight is 201 g/mol. The Kier molecular flexibility index (Phi) is 5.78. The lowest BCUT2D eigenvalue weighted by Gasteiger charge is -2.27. The van der Waals surface area contributed by atoms with Crippen LogP contribution in [-0.4, -0.2) is 45.2 Å². The molecule has 2 atom stereocenters. The van der Waals surface area contributed by atoms with Crippen molar-refractivity contribution < 1.29 is 20.1 Å². The molecule has 0 aromatic rings. The summed E-state index contributed by atoms with van der Waals surface area (Å²) in [6.45, 7) is 6.71. The van der Waals surface area contributed by atoms with E-state index in [1.165, 1.54) is 12.2 Å². The number of hydrogen-bond acceptors (Lipinski definition) is 4. The van der Waals surface area contributed by atoms with Gasteiger partial charge in [0.05, 0.1) is 6.42 Å². The van der Waals surface area contributed by atoms with Crippen LogP contribution in [0.2, 0.25) is 0 Å². The maximum atomic E-state index is 10.3. The van der Waals surface area contributed by atoms with Gasteiger partial charge in [-0.25, -0.2) is 4.90 Å². The van der Waals surface area contributed by atoms with E-state index in [2.05, 4.69) is 13.2 Å². The molecular weight excluding hydrogens is 186 g/mol. The van der Waals surface area contributed by atoms with Gasteiger partial charge in [0.2, 0.25) is 0 Å². The Morgan fingerprint density at radius 2 is 1.71 bits per heavy atom. The van der Waals surface area contributed by atoms with Gasteiger partial charge in [-0.3, -0.25) is 4.79 Å². The van der Waals surface area contributed by atoms with Gasteiger partial charge in [0, 0.05) is 6.54 Å². The zero-order valence-electron chi connectivity index (χ0n) is 7.83. The lowest BCUT2D eigenvalue weighted by Crippen LogP contribution is -2.42. The molecule has 0 amide bonds. The van der Waals surface area contributed by atoms with E-state index in [1.807, 2.05) is 0 Å². The molecule has 0 aliphatic carbocycles. The van der Waals surface area contributed by atoms with Crippen molar-refractivity contribution in [2.24, 2.45) is 0 Å². The minimum absolute atomic E-state index is 0.0235. The van der Waals surface area contributed by atoms with Crippen LogP contribution in [-0.2, 0) is 4.79 Å². The number of aliphatic carboxylic acids is 1. The highest BCUT2D eigenvalue weighted by molar-refractivity contribution is 5.66. The average Bonchev–Trinajstić information content (AvgIpc) is 2.16. The van der Waals surface area contributed by atoms with Gasteiger partial charge < -0.3 is 15.3 Å². The predicted molar refractivity (Wildman–Crippen MR) is 51.4 cm³/mol. The van der Waals surface area contributed by atoms with Crippen molar-refractivity contribution >= 4 is 5.97 Å². The smallest absolute Gasteiger partial charge is 0.304 e. The van der Waals surface area contributed by atoms with Crippen molar-refractivity contribution in [2.45, 2.75) is 18.9 Å². The largest absolute Gasteiger partial charge is 0.481 e. The topological polar surface area (TPSA) is 81.0 Å². The third kappa shape index (κ3) is 4.18. The zero-order chi connectivity index (χ0) is 11.1. The van der Waals surface area contributed by atoms with Crippen LogP contribution in [0, 0.1) is 0 Å². The zero-order valence-corrected chi connectivity index (χ0v) is 7.83. The van der Waals surface area contributed by atoms with Gasteiger partial charge in [0.25, 0.3) is 0 Å². The molecule has 0 radical (unpaired) electrons. The molecule has 0 saturated carbocycles. The van der Waals surface area contributed by atoms with Crippen LogP contribution in [0.25, 0.3) is 0 Å². The van der Waals surface area contributed by atoms with Gasteiger partial charge in [-0.15, -0.1) is 0 Å². The number of rotatable bonds is 7. The summed E-state index contributed by atoms with van der Waals surface area (Å²) in [7, 11) is 0. The molecule has 0 aliphatic heterocycles. The highest BCUT2D eigenvalue weighted by Gasteiger charge is 2.19. The Bertz CT molecular complexity index is 203. The predicted octanol–water partition coefficient (Wildman–Crippen LogP) is -0.228. The number of hydrogen-bond donors (Lipinski definition) is 3. The van der Waals surface area contributed by atoms with E-state index in [-0.39, 0.29) is 13.0 Å². The molecule has 0 rings (SSSR count). The minimum Gasteiger partial charge on any atom is -0.481 e. The Morgan fingerprint density at radius 3 is 2.00 bits per heavy atom. The molecule has 0 aromatic heterocycles. The van der Waals surface area contributed by atoms with E-state index < -0.39 is 18.4 Å². The van der Waals surface area contributed by atoms with Crippen LogP contribution in [0.3, 0.4) is 0 Å². The molecule has 0 aromatic carbocycles. The second kappa shape index (κ2) is 6.31. The van der Waals surface area contributed by atoms with Crippen LogP contribution in [0.1, 0.15) is 6.42 Å². The van der Waals surface area contributed by atoms with E-state index in [0.717, 1.165) is 4.90 Å². The van der Waals surface area contributed by atoms with Gasteiger partial charge >= 0.3 is 5.97 Å². The first-order chi connectivity index (χ1) is 6.52. The molecule has 0 spiro atoms. The first-order valence-electron chi connectivity index (χ1n) is 4.11. The molecule has 2 unspecified atom stereocenters. The summed E-state index contributed by atoms with van der Waals surface area (Å²) in [6.07, 6.45) is 0.0727. The summed E-state index contributed by atoms with van der Waals surface area (Å²) in [4.78, 5) is 11.4. The first kappa shape index (κ1) is 12.8. The molecule has 3 N–H and O–H groups in total. The fourth-order valence-corrected chi connectivity index (χ4v) is 0.917. The molecule has 0 aliphatic rings. The highest BCUT2D eigenvalue weighted by atomic mass is 16.4. The van der Waals surface area contributed by atoms with Crippen molar-refractivity contribution in [2.75, 3.05) is 6.54 Å². The molecule has 14 heavy (non-hydrogen) atoms. The van der Waals surface area contributed by atoms with E-state index in [9.17, 15) is 15.0 Å². The lowest BCUT2D eigenvalue weighted by molar-refractivity contribution is -0.138. The molecule has 0 heterocycles. The van der Waals surface area contributed by atoms with Crippen LogP contribution < -0.4 is 0 Å².